The van der Waals surface area contributed by atoms with E-state index in [0.717, 1.165) is 11.3 Å². The van der Waals surface area contributed by atoms with Gasteiger partial charge in [0.15, 0.2) is 17.5 Å². The molecule has 0 bridgehead atoms. The van der Waals surface area contributed by atoms with Crippen LogP contribution in [0.2, 0.25) is 0 Å². The number of nitrogens with one attached hydrogen (secondary N) is 1. The second kappa shape index (κ2) is 4.11. The second-order valence-corrected chi connectivity index (χ2v) is 4.21. The molecular weight excluding hydrogens is 232 g/mol. The number of fused-ring (bicyclic) bond motifs is 1. The van der Waals surface area contributed by atoms with Crippen LogP contribution in [0.4, 0.5) is 5.13 Å². The van der Waals surface area contributed by atoms with E-state index in [2.05, 4.69) is 10.3 Å². The number of hydrogen-bond acceptors (Lipinski definition) is 6. The van der Waals surface area contributed by atoms with Crippen molar-refractivity contribution in [1.29, 1.82) is 0 Å². The van der Waals surface area contributed by atoms with Gasteiger partial charge in [-0.25, -0.2) is 4.98 Å². The second-order valence-electron chi connectivity index (χ2n) is 3.21. The summed E-state index contributed by atoms with van der Waals surface area (Å²) in [5.74, 6) is -0.656. The molecule has 1 aliphatic rings. The lowest BCUT2D eigenvalue weighted by atomic mass is 10.1. The first-order chi connectivity index (χ1) is 7.61. The van der Waals surface area contributed by atoms with Crippen LogP contribution in [0.15, 0.2) is 0 Å². The minimum atomic E-state index is -1.04. The first-order valence-electron chi connectivity index (χ1n) is 4.50. The Labute approximate surface area is 94.6 Å². The molecule has 1 aliphatic heterocycles. The van der Waals surface area contributed by atoms with Crippen molar-refractivity contribution in [3.63, 3.8) is 0 Å². The van der Waals surface area contributed by atoms with Crippen LogP contribution in [-0.2, 0) is 20.9 Å². The van der Waals surface area contributed by atoms with E-state index < -0.39 is 11.9 Å². The maximum atomic E-state index is 11.6. The molecule has 1 N–H and O–H groups in total. The zero-order valence-electron chi connectivity index (χ0n) is 8.35. The summed E-state index contributed by atoms with van der Waals surface area (Å²) < 4.78 is 5.00. The van der Waals surface area contributed by atoms with Crippen LogP contribution < -0.4 is 5.32 Å². The molecule has 0 saturated carbocycles. The fourth-order valence-corrected chi connectivity index (χ4v) is 2.30. The van der Waals surface area contributed by atoms with Crippen molar-refractivity contribution in [2.45, 2.75) is 19.6 Å². The molecule has 2 heterocycles. The highest BCUT2D eigenvalue weighted by Crippen LogP contribution is 2.28. The summed E-state index contributed by atoms with van der Waals surface area (Å²) >= 11 is 1.06. The lowest BCUT2D eigenvalue weighted by Crippen LogP contribution is -2.30. The Morgan fingerprint density at radius 1 is 1.69 bits per heavy atom. The number of amides is 1. The Morgan fingerprint density at radius 2 is 2.44 bits per heavy atom. The van der Waals surface area contributed by atoms with Gasteiger partial charge in [-0.3, -0.25) is 14.4 Å². The predicted molar refractivity (Wildman–Crippen MR) is 55.4 cm³/mol. The number of aldehydes is 1. The van der Waals surface area contributed by atoms with Gasteiger partial charge < -0.3 is 10.1 Å². The van der Waals surface area contributed by atoms with Crippen LogP contribution in [0.25, 0.3) is 0 Å². The number of Topliss-reactive ketones (excluding diaryl/α,β-unsaturated/α-hetero) is 1. The molecule has 0 fully saturated rings. The summed E-state index contributed by atoms with van der Waals surface area (Å²) in [5, 5.41) is 2.84. The van der Waals surface area contributed by atoms with Gasteiger partial charge in [0.25, 0.3) is 0 Å². The van der Waals surface area contributed by atoms with Crippen LogP contribution >= 0.6 is 11.3 Å². The zero-order chi connectivity index (χ0) is 11.7. The number of ether oxygens (including phenoxy) is 1. The van der Waals surface area contributed by atoms with E-state index in [9.17, 15) is 14.4 Å². The Balaban J connectivity index is 2.31. The summed E-state index contributed by atoms with van der Waals surface area (Å²) in [6.45, 7) is 1.47. The van der Waals surface area contributed by atoms with Gasteiger partial charge in [-0.2, -0.15) is 0 Å². The largest absolute Gasteiger partial charge is 0.356 e. The summed E-state index contributed by atoms with van der Waals surface area (Å²) in [6.07, 6.45) is -0.582. The molecule has 6 nitrogen and oxygen atoms in total. The quantitative estimate of drug-likeness (QED) is 0.596. The molecule has 1 aromatic rings. The summed E-state index contributed by atoms with van der Waals surface area (Å²) in [4.78, 5) is 37.4. The van der Waals surface area contributed by atoms with E-state index in [0.29, 0.717) is 22.0 Å². The van der Waals surface area contributed by atoms with Crippen LogP contribution in [0.1, 0.15) is 22.3 Å². The average Bonchev–Trinajstić information content (AvgIpc) is 2.61. The molecule has 1 atom stereocenters. The number of carbonyl (C=O) groups excluding carboxylic acids is 3. The first kappa shape index (κ1) is 10.9. The fourth-order valence-electron chi connectivity index (χ4n) is 1.32. The first-order valence-corrected chi connectivity index (χ1v) is 5.32. The third-order valence-electron chi connectivity index (χ3n) is 1.99. The summed E-state index contributed by atoms with van der Waals surface area (Å²) in [7, 11) is 0. The van der Waals surface area contributed by atoms with Gasteiger partial charge in [-0.1, -0.05) is 11.3 Å². The maximum Gasteiger partial charge on any atom is 0.223 e. The van der Waals surface area contributed by atoms with Crippen molar-refractivity contribution in [3.05, 3.63) is 10.6 Å². The molecule has 7 heteroatoms. The molecule has 0 aliphatic carbocycles. The molecule has 0 spiro atoms. The summed E-state index contributed by atoms with van der Waals surface area (Å²) in [6, 6.07) is 0. The SMILES string of the molecule is CC(=O)Nc1nc2c(s1)C(=O)C(C=O)OC2. The van der Waals surface area contributed by atoms with E-state index in [1.807, 2.05) is 0 Å². The van der Waals surface area contributed by atoms with E-state index in [1.54, 1.807) is 0 Å². The van der Waals surface area contributed by atoms with Crippen LogP contribution in [-0.4, -0.2) is 29.1 Å². The maximum absolute atomic E-state index is 11.6. The number of hydrogen-bond donors (Lipinski definition) is 1. The number of ketones is 1. The van der Waals surface area contributed by atoms with E-state index >= 15 is 0 Å². The Bertz CT molecular complexity index is 468. The van der Waals surface area contributed by atoms with Gasteiger partial charge in [-0.15, -0.1) is 0 Å². The normalized spacial score (nSPS) is 19.1. The lowest BCUT2D eigenvalue weighted by molar-refractivity contribution is -0.116. The average molecular weight is 240 g/mol. The van der Waals surface area contributed by atoms with Gasteiger partial charge in [0.05, 0.1) is 12.3 Å². The number of carbonyl (C=O) groups is 3. The molecule has 0 saturated heterocycles. The van der Waals surface area contributed by atoms with Crippen molar-refractivity contribution in [1.82, 2.24) is 4.98 Å². The number of rotatable bonds is 2. The third-order valence-corrected chi connectivity index (χ3v) is 3.01. The predicted octanol–water partition coefficient (Wildman–Crippen LogP) is 0.382. The molecule has 16 heavy (non-hydrogen) atoms. The number of aromatic nitrogens is 1. The van der Waals surface area contributed by atoms with E-state index in [1.165, 1.54) is 6.92 Å². The minimum Gasteiger partial charge on any atom is -0.356 e. The summed E-state index contributed by atoms with van der Waals surface area (Å²) in [5.41, 5.74) is 0.469. The van der Waals surface area contributed by atoms with Crippen molar-refractivity contribution < 1.29 is 19.1 Å². The molecule has 1 aromatic heterocycles. The van der Waals surface area contributed by atoms with Gasteiger partial charge in [0.1, 0.15) is 4.88 Å². The number of anilines is 1. The van der Waals surface area contributed by atoms with Gasteiger partial charge in [-0.05, 0) is 0 Å². The monoisotopic (exact) mass is 240 g/mol. The van der Waals surface area contributed by atoms with Crippen LogP contribution in [0.3, 0.4) is 0 Å². The molecule has 84 valence electrons. The zero-order valence-corrected chi connectivity index (χ0v) is 9.17. The van der Waals surface area contributed by atoms with Crippen molar-refractivity contribution in [3.8, 4) is 0 Å². The van der Waals surface area contributed by atoms with Gasteiger partial charge in [0, 0.05) is 6.92 Å². The van der Waals surface area contributed by atoms with E-state index in [4.69, 9.17) is 4.74 Å². The molecule has 0 aromatic carbocycles. The molecule has 2 rings (SSSR count). The lowest BCUT2D eigenvalue weighted by Gasteiger charge is -2.14. The van der Waals surface area contributed by atoms with Crippen molar-refractivity contribution in [2.24, 2.45) is 0 Å². The van der Waals surface area contributed by atoms with Gasteiger partial charge in [0.2, 0.25) is 11.7 Å². The molecular formula is C9H8N2O4S. The highest BCUT2D eigenvalue weighted by molar-refractivity contribution is 7.17. The highest BCUT2D eigenvalue weighted by atomic mass is 32.1. The fraction of sp³-hybridized carbons (Fsp3) is 0.333. The standard InChI is InChI=1S/C9H8N2O4S/c1-4(13)10-9-11-5-3-15-6(2-12)7(14)8(5)16-9/h2,6H,3H2,1H3,(H,10,11,13). The topological polar surface area (TPSA) is 85.4 Å². The molecule has 1 unspecified atom stereocenters. The van der Waals surface area contributed by atoms with E-state index in [-0.39, 0.29) is 12.5 Å². The molecule has 0 radical (unpaired) electrons. The smallest absolute Gasteiger partial charge is 0.223 e. The van der Waals surface area contributed by atoms with Gasteiger partial charge >= 0.3 is 0 Å². The van der Waals surface area contributed by atoms with Crippen molar-refractivity contribution in [2.75, 3.05) is 5.32 Å². The van der Waals surface area contributed by atoms with Crippen LogP contribution in [0.5, 0.6) is 0 Å². The number of nitrogens with zero attached hydrogens (tertiary/aromatic N) is 1. The minimum absolute atomic E-state index is 0.112. The molecule has 1 amide bonds. The number of thiazole rings is 1. The Morgan fingerprint density at radius 3 is 3.06 bits per heavy atom. The highest BCUT2D eigenvalue weighted by Gasteiger charge is 2.31. The Hall–Kier alpha value is -1.60. The van der Waals surface area contributed by atoms with Crippen molar-refractivity contribution >= 4 is 34.4 Å². The third kappa shape index (κ3) is 1.86. The van der Waals surface area contributed by atoms with Crippen LogP contribution in [0, 0.1) is 0 Å². The Kier molecular flexibility index (Phi) is 2.80.